The molecule has 0 aromatic heterocycles. The molecule has 0 radical (unpaired) electrons. The number of amides is 6. The zero-order valence-electron chi connectivity index (χ0n) is 17.9. The zero-order valence-corrected chi connectivity index (χ0v) is 17.9. The molecular weight excluding hydrogens is 422 g/mol. The Morgan fingerprint density at radius 2 is 1.97 bits per heavy atom. The molecule has 1 aromatic rings. The molecule has 3 aliphatic rings. The molecule has 3 N–H and O–H groups in total. The number of carbonyl (C=O) groups is 4. The van der Waals surface area contributed by atoms with E-state index < -0.39 is 47.6 Å². The van der Waals surface area contributed by atoms with Gasteiger partial charge in [-0.05, 0) is 68.6 Å². The molecule has 5 atom stereocenters. The highest BCUT2D eigenvalue weighted by Gasteiger charge is 2.50. The third kappa shape index (κ3) is 3.93. The van der Waals surface area contributed by atoms with Gasteiger partial charge in [-0.15, -0.1) is 0 Å². The molecule has 1 heterocycles. The van der Waals surface area contributed by atoms with Gasteiger partial charge in [-0.1, -0.05) is 12.5 Å². The van der Waals surface area contributed by atoms with Crippen molar-refractivity contribution in [2.24, 2.45) is 17.8 Å². The van der Waals surface area contributed by atoms with Crippen molar-refractivity contribution >= 4 is 23.9 Å². The maximum atomic E-state index is 13.6. The van der Waals surface area contributed by atoms with Gasteiger partial charge in [0.15, 0.2) is 11.6 Å². The average molecular weight is 448 g/mol. The van der Waals surface area contributed by atoms with E-state index in [2.05, 4.69) is 16.0 Å². The van der Waals surface area contributed by atoms with Gasteiger partial charge in [0.1, 0.15) is 12.1 Å². The number of carbonyl (C=O) groups excluding carboxylic acids is 4. The van der Waals surface area contributed by atoms with Gasteiger partial charge in [0, 0.05) is 6.04 Å². The largest absolute Gasteiger partial charge is 0.335 e. The van der Waals surface area contributed by atoms with E-state index >= 15 is 0 Å². The van der Waals surface area contributed by atoms with Crippen LogP contribution in [0.15, 0.2) is 18.2 Å². The predicted molar refractivity (Wildman–Crippen MR) is 109 cm³/mol. The van der Waals surface area contributed by atoms with Crippen molar-refractivity contribution in [3.8, 4) is 0 Å². The Hall–Kier alpha value is -3.04. The summed E-state index contributed by atoms with van der Waals surface area (Å²) in [5.74, 6) is -2.18. The predicted octanol–water partition coefficient (Wildman–Crippen LogP) is 2.38. The second-order valence-corrected chi connectivity index (χ2v) is 9.22. The number of fused-ring (bicyclic) bond motifs is 2. The quantitative estimate of drug-likeness (QED) is 0.601. The number of hydrogen-bond donors (Lipinski definition) is 3. The van der Waals surface area contributed by atoms with Crippen LogP contribution in [0.3, 0.4) is 0 Å². The number of nitrogens with one attached hydrogen (secondary N) is 3. The molecule has 0 spiro atoms. The maximum Gasteiger partial charge on any atom is 0.325 e. The minimum absolute atomic E-state index is 0.0371. The lowest BCUT2D eigenvalue weighted by atomic mass is 9.84. The first-order valence-electron chi connectivity index (χ1n) is 10.8. The van der Waals surface area contributed by atoms with Crippen LogP contribution in [-0.4, -0.2) is 41.4 Å². The maximum absolute atomic E-state index is 13.6. The summed E-state index contributed by atoms with van der Waals surface area (Å²) in [6.07, 6.45) is 4.68. The second-order valence-electron chi connectivity index (χ2n) is 9.22. The Kier molecular flexibility index (Phi) is 5.64. The van der Waals surface area contributed by atoms with Gasteiger partial charge in [0.2, 0.25) is 5.91 Å². The molecule has 1 saturated heterocycles. The molecule has 3 fully saturated rings. The van der Waals surface area contributed by atoms with Crippen molar-refractivity contribution in [2.75, 3.05) is 6.54 Å². The van der Waals surface area contributed by atoms with E-state index in [1.807, 2.05) is 6.92 Å². The van der Waals surface area contributed by atoms with Crippen LogP contribution < -0.4 is 16.0 Å². The van der Waals surface area contributed by atoms with Crippen molar-refractivity contribution in [3.63, 3.8) is 0 Å². The fourth-order valence-corrected chi connectivity index (χ4v) is 5.41. The lowest BCUT2D eigenvalue weighted by Crippen LogP contribution is -2.50. The summed E-state index contributed by atoms with van der Waals surface area (Å²) in [7, 11) is 0. The molecule has 1 aromatic carbocycles. The number of halogens is 2. The van der Waals surface area contributed by atoms with E-state index in [4.69, 9.17) is 0 Å². The van der Waals surface area contributed by atoms with E-state index in [0.717, 1.165) is 24.5 Å². The summed E-state index contributed by atoms with van der Waals surface area (Å²) in [6, 6.07) is 1.22. The van der Waals surface area contributed by atoms with Crippen LogP contribution in [0.2, 0.25) is 0 Å². The summed E-state index contributed by atoms with van der Waals surface area (Å²) >= 11 is 0. The monoisotopic (exact) mass is 448 g/mol. The number of nitrogens with zero attached hydrogens (tertiary/aromatic N) is 1. The van der Waals surface area contributed by atoms with Crippen LogP contribution in [-0.2, 0) is 15.1 Å². The lowest BCUT2D eigenvalue weighted by Gasteiger charge is -2.28. The fourth-order valence-electron chi connectivity index (χ4n) is 5.41. The number of imide groups is 2. The van der Waals surface area contributed by atoms with Crippen molar-refractivity contribution in [3.05, 3.63) is 35.4 Å². The Bertz CT molecular complexity index is 987. The Balaban J connectivity index is 1.34. The molecule has 172 valence electrons. The molecule has 6 amide bonds. The van der Waals surface area contributed by atoms with Crippen molar-refractivity contribution < 1.29 is 28.0 Å². The second kappa shape index (κ2) is 8.14. The van der Waals surface area contributed by atoms with Crippen LogP contribution in [0.5, 0.6) is 0 Å². The minimum Gasteiger partial charge on any atom is -0.335 e. The first-order valence-corrected chi connectivity index (χ1v) is 10.8. The zero-order chi connectivity index (χ0) is 23.2. The van der Waals surface area contributed by atoms with E-state index in [1.165, 1.54) is 32.3 Å². The third-order valence-electron chi connectivity index (χ3n) is 7.12. The molecule has 1 aliphatic heterocycles. The van der Waals surface area contributed by atoms with E-state index in [0.29, 0.717) is 16.7 Å². The molecule has 32 heavy (non-hydrogen) atoms. The third-order valence-corrected chi connectivity index (χ3v) is 7.12. The average Bonchev–Trinajstić information content (AvgIpc) is 3.41. The molecule has 2 saturated carbocycles. The standard InChI is InChI=1S/C22H26F2N4O4/c1-11(15-8-12-3-4-13(15)7-12)25-20(31)26-18(29)10-28-19(30)22(2,27-21(28)32)14-5-6-16(23)17(24)9-14/h5-6,9,11-13,15H,3-4,7-8,10H2,1-2H3,(H,27,32)(H2,25,26,29,31). The van der Waals surface area contributed by atoms with Gasteiger partial charge >= 0.3 is 12.1 Å². The minimum atomic E-state index is -1.66. The van der Waals surface area contributed by atoms with Crippen LogP contribution >= 0.6 is 0 Å². The molecule has 2 bridgehead atoms. The molecule has 2 aliphatic carbocycles. The smallest absolute Gasteiger partial charge is 0.325 e. The summed E-state index contributed by atoms with van der Waals surface area (Å²) in [5.41, 5.74) is -1.63. The number of hydrogen-bond acceptors (Lipinski definition) is 4. The van der Waals surface area contributed by atoms with Gasteiger partial charge in [-0.2, -0.15) is 0 Å². The van der Waals surface area contributed by atoms with E-state index in [-0.39, 0.29) is 11.6 Å². The fraction of sp³-hybridized carbons (Fsp3) is 0.545. The van der Waals surface area contributed by atoms with Gasteiger partial charge in [0.25, 0.3) is 5.91 Å². The number of rotatable bonds is 5. The van der Waals surface area contributed by atoms with Crippen molar-refractivity contribution in [1.29, 1.82) is 0 Å². The topological polar surface area (TPSA) is 108 Å². The molecular formula is C22H26F2N4O4. The molecule has 8 nitrogen and oxygen atoms in total. The van der Waals surface area contributed by atoms with Crippen molar-refractivity contribution in [1.82, 2.24) is 20.9 Å². The van der Waals surface area contributed by atoms with Gasteiger partial charge in [-0.25, -0.2) is 18.4 Å². The summed E-state index contributed by atoms with van der Waals surface area (Å²) < 4.78 is 26.9. The highest BCUT2D eigenvalue weighted by molar-refractivity contribution is 6.10. The van der Waals surface area contributed by atoms with Crippen LogP contribution in [0.1, 0.15) is 45.1 Å². The first-order chi connectivity index (χ1) is 15.1. The first kappa shape index (κ1) is 22.2. The van der Waals surface area contributed by atoms with E-state index in [9.17, 15) is 28.0 Å². The molecule has 5 unspecified atom stereocenters. The summed E-state index contributed by atoms with van der Waals surface area (Å²) in [6.45, 7) is 2.57. The summed E-state index contributed by atoms with van der Waals surface area (Å²) in [4.78, 5) is 50.4. The van der Waals surface area contributed by atoms with Gasteiger partial charge in [-0.3, -0.25) is 19.8 Å². The normalized spacial score (nSPS) is 29.8. The highest BCUT2D eigenvalue weighted by atomic mass is 19.2. The van der Waals surface area contributed by atoms with Crippen LogP contribution in [0.4, 0.5) is 18.4 Å². The lowest BCUT2D eigenvalue weighted by molar-refractivity contribution is -0.134. The number of benzene rings is 1. The van der Waals surface area contributed by atoms with Crippen LogP contribution in [0.25, 0.3) is 0 Å². The van der Waals surface area contributed by atoms with E-state index in [1.54, 1.807) is 0 Å². The van der Waals surface area contributed by atoms with Gasteiger partial charge < -0.3 is 10.6 Å². The molecule has 4 rings (SSSR count). The van der Waals surface area contributed by atoms with Crippen LogP contribution in [0, 0.1) is 29.4 Å². The summed E-state index contributed by atoms with van der Waals surface area (Å²) in [5, 5.41) is 7.35. The molecule has 10 heteroatoms. The highest BCUT2D eigenvalue weighted by Crippen LogP contribution is 2.49. The van der Waals surface area contributed by atoms with Gasteiger partial charge in [0.05, 0.1) is 0 Å². The number of urea groups is 2. The Morgan fingerprint density at radius 1 is 1.22 bits per heavy atom. The van der Waals surface area contributed by atoms with Crippen molar-refractivity contribution in [2.45, 2.75) is 51.1 Å². The SMILES string of the molecule is CC(NC(=O)NC(=O)CN1C(=O)NC(C)(c2ccc(F)c(F)c2)C1=O)C1CC2CCC1C2. The Labute approximate surface area is 184 Å². The Morgan fingerprint density at radius 3 is 2.59 bits per heavy atom.